The molecule has 0 aromatic carbocycles. The van der Waals surface area contributed by atoms with Crippen molar-refractivity contribution in [1.82, 2.24) is 5.32 Å². The van der Waals surface area contributed by atoms with Crippen molar-refractivity contribution in [2.75, 3.05) is 26.4 Å². The third-order valence-electron chi connectivity index (χ3n) is 9.12. The van der Waals surface area contributed by atoms with Crippen LogP contribution < -0.4 is 5.32 Å². The molecule has 2 N–H and O–H groups in total. The number of hydrogen-bond donors (Lipinski definition) is 2. The molecule has 1 unspecified atom stereocenters. The molecule has 1 atom stereocenters. The van der Waals surface area contributed by atoms with Crippen molar-refractivity contribution in [3.63, 3.8) is 0 Å². The van der Waals surface area contributed by atoms with Gasteiger partial charge in [0.15, 0.2) is 0 Å². The normalized spacial score (nSPS) is 12.1. The van der Waals surface area contributed by atoms with E-state index in [4.69, 9.17) is 9.47 Å². The second kappa shape index (κ2) is 35.7. The first-order valence-electron chi connectivity index (χ1n) is 19.7. The average molecular weight is 640 g/mol. The molecule has 6 nitrogen and oxygen atoms in total. The van der Waals surface area contributed by atoms with Gasteiger partial charge in [0.25, 0.3) is 0 Å². The summed E-state index contributed by atoms with van der Waals surface area (Å²) in [6.07, 6.45) is 32.6. The lowest BCUT2D eigenvalue weighted by atomic mass is 9.92. The first-order chi connectivity index (χ1) is 22.1. The first kappa shape index (κ1) is 43.9. The van der Waals surface area contributed by atoms with E-state index < -0.39 is 0 Å². The number of unbranched alkanes of at least 4 members (excludes halogenated alkanes) is 19. The third kappa shape index (κ3) is 31.2. The van der Waals surface area contributed by atoms with Gasteiger partial charge in [-0.15, -0.1) is 0 Å². The number of rotatable bonds is 36. The molecule has 0 aromatic rings. The fraction of sp³-hybridized carbons (Fsp3) is 0.949. The van der Waals surface area contributed by atoms with Crippen LogP contribution in [0.3, 0.4) is 0 Å². The van der Waals surface area contributed by atoms with Gasteiger partial charge in [-0.25, -0.2) is 0 Å². The highest BCUT2D eigenvalue weighted by Crippen LogP contribution is 2.22. The highest BCUT2D eigenvalue weighted by molar-refractivity contribution is 5.75. The van der Waals surface area contributed by atoms with Crippen LogP contribution in [0, 0.1) is 5.92 Å². The van der Waals surface area contributed by atoms with E-state index in [-0.39, 0.29) is 24.6 Å². The molecule has 0 aliphatic carbocycles. The molecule has 45 heavy (non-hydrogen) atoms. The number of aliphatic hydroxyl groups is 1. The van der Waals surface area contributed by atoms with Crippen molar-refractivity contribution >= 4 is 11.9 Å². The molecule has 0 aromatic heterocycles. The highest BCUT2D eigenvalue weighted by atomic mass is 16.5. The summed E-state index contributed by atoms with van der Waals surface area (Å²) in [6, 6.07) is -0.342. The molecule has 0 rings (SSSR count). The zero-order chi connectivity index (χ0) is 33.1. The Bertz CT molecular complexity index is 617. The molecule has 0 saturated carbocycles. The van der Waals surface area contributed by atoms with Gasteiger partial charge in [-0.3, -0.25) is 9.59 Å². The van der Waals surface area contributed by atoms with Gasteiger partial charge < -0.3 is 19.9 Å². The Morgan fingerprint density at radius 1 is 0.533 bits per heavy atom. The molecule has 0 aliphatic heterocycles. The molecule has 0 fully saturated rings. The van der Waals surface area contributed by atoms with Crippen molar-refractivity contribution in [3.8, 4) is 0 Å². The summed E-state index contributed by atoms with van der Waals surface area (Å²) in [6.45, 7) is 8.26. The summed E-state index contributed by atoms with van der Waals surface area (Å²) in [5.41, 5.74) is 0. The Balaban J connectivity index is 4.02. The van der Waals surface area contributed by atoms with Gasteiger partial charge in [0.2, 0.25) is 0 Å². The number of carbonyl (C=O) groups excluding carboxylic acids is 2. The number of carbonyl (C=O) groups is 2. The molecule has 268 valence electrons. The van der Waals surface area contributed by atoms with E-state index in [1.54, 1.807) is 0 Å². The van der Waals surface area contributed by atoms with Crippen LogP contribution in [-0.4, -0.2) is 49.5 Å². The number of aliphatic hydroxyl groups excluding tert-OH is 1. The molecule has 0 saturated heterocycles. The van der Waals surface area contributed by atoms with E-state index in [9.17, 15) is 14.7 Å². The molecular formula is C39H77NO5. The maximum absolute atomic E-state index is 12.9. The molecule has 0 radical (unpaired) electrons. The molecular weight excluding hydrogens is 562 g/mol. The van der Waals surface area contributed by atoms with Crippen LogP contribution >= 0.6 is 0 Å². The van der Waals surface area contributed by atoms with Crippen LogP contribution in [0.15, 0.2) is 0 Å². The van der Waals surface area contributed by atoms with E-state index in [1.165, 1.54) is 109 Å². The summed E-state index contributed by atoms with van der Waals surface area (Å²) in [7, 11) is 0. The smallest absolute Gasteiger partial charge is 0.323 e. The summed E-state index contributed by atoms with van der Waals surface area (Å²) in [4.78, 5) is 24.9. The standard InChI is InChI=1S/C39H77NO5/c1-4-7-10-13-14-15-18-21-26-34-44-38(42)30-25-20-17-16-19-24-29-37(40-32-33-41)39(43)45-35-31-36(27-22-11-8-5-2)28-23-12-9-6-3/h36-37,40-41H,4-35H2,1-3H3. The number of ether oxygens (including phenoxy) is 2. The van der Waals surface area contributed by atoms with E-state index in [0.29, 0.717) is 32.1 Å². The SMILES string of the molecule is CCCCCCCCCCCOC(=O)CCCCCCCCC(NCCO)C(=O)OCCC(CCCCCC)CCCCCC. The highest BCUT2D eigenvalue weighted by Gasteiger charge is 2.19. The van der Waals surface area contributed by atoms with Crippen molar-refractivity contribution in [1.29, 1.82) is 0 Å². The lowest BCUT2D eigenvalue weighted by molar-refractivity contribution is -0.147. The summed E-state index contributed by atoms with van der Waals surface area (Å²) < 4.78 is 11.2. The van der Waals surface area contributed by atoms with Crippen LogP contribution in [0.2, 0.25) is 0 Å². The topological polar surface area (TPSA) is 84.9 Å². The third-order valence-corrected chi connectivity index (χ3v) is 9.12. The average Bonchev–Trinajstić information content (AvgIpc) is 3.04. The minimum Gasteiger partial charge on any atom is -0.466 e. The van der Waals surface area contributed by atoms with Crippen molar-refractivity contribution in [3.05, 3.63) is 0 Å². The molecule has 6 heteroatoms. The predicted molar refractivity (Wildman–Crippen MR) is 191 cm³/mol. The molecule has 0 spiro atoms. The van der Waals surface area contributed by atoms with Crippen LogP contribution in [-0.2, 0) is 19.1 Å². The largest absolute Gasteiger partial charge is 0.466 e. The Labute approximate surface area is 280 Å². The molecule has 0 bridgehead atoms. The van der Waals surface area contributed by atoms with Gasteiger partial charge in [-0.1, -0.05) is 168 Å². The van der Waals surface area contributed by atoms with Gasteiger partial charge >= 0.3 is 11.9 Å². The molecule has 0 aliphatic rings. The van der Waals surface area contributed by atoms with E-state index in [2.05, 4.69) is 26.1 Å². The summed E-state index contributed by atoms with van der Waals surface area (Å²) in [5.74, 6) is 0.433. The molecule has 0 amide bonds. The van der Waals surface area contributed by atoms with Crippen LogP contribution in [0.4, 0.5) is 0 Å². The monoisotopic (exact) mass is 640 g/mol. The van der Waals surface area contributed by atoms with Gasteiger partial charge in [0.05, 0.1) is 19.8 Å². The Hall–Kier alpha value is -1.14. The van der Waals surface area contributed by atoms with Gasteiger partial charge in [-0.2, -0.15) is 0 Å². The number of hydrogen-bond acceptors (Lipinski definition) is 6. The van der Waals surface area contributed by atoms with E-state index in [0.717, 1.165) is 64.2 Å². The number of nitrogens with one attached hydrogen (secondary N) is 1. The second-order valence-corrected chi connectivity index (χ2v) is 13.5. The zero-order valence-electron chi connectivity index (χ0n) is 30.4. The van der Waals surface area contributed by atoms with E-state index in [1.807, 2.05) is 0 Å². The summed E-state index contributed by atoms with van der Waals surface area (Å²) in [5, 5.41) is 12.5. The Kier molecular flexibility index (Phi) is 34.8. The molecule has 0 heterocycles. The quantitative estimate of drug-likeness (QED) is 0.0524. The predicted octanol–water partition coefficient (Wildman–Crippen LogP) is 10.6. The van der Waals surface area contributed by atoms with Crippen molar-refractivity contribution < 1.29 is 24.2 Å². The number of esters is 2. The maximum atomic E-state index is 12.9. The van der Waals surface area contributed by atoms with Crippen molar-refractivity contribution in [2.24, 2.45) is 5.92 Å². The van der Waals surface area contributed by atoms with Gasteiger partial charge in [0, 0.05) is 13.0 Å². The fourth-order valence-electron chi connectivity index (χ4n) is 6.12. The second-order valence-electron chi connectivity index (χ2n) is 13.5. The maximum Gasteiger partial charge on any atom is 0.323 e. The van der Waals surface area contributed by atoms with Gasteiger partial charge in [-0.05, 0) is 31.6 Å². The van der Waals surface area contributed by atoms with Crippen LogP contribution in [0.1, 0.15) is 201 Å². The summed E-state index contributed by atoms with van der Waals surface area (Å²) >= 11 is 0. The lowest BCUT2D eigenvalue weighted by Gasteiger charge is -2.20. The van der Waals surface area contributed by atoms with Crippen LogP contribution in [0.25, 0.3) is 0 Å². The zero-order valence-corrected chi connectivity index (χ0v) is 30.4. The first-order valence-corrected chi connectivity index (χ1v) is 19.7. The van der Waals surface area contributed by atoms with Crippen molar-refractivity contribution in [2.45, 2.75) is 207 Å². The fourth-order valence-corrected chi connectivity index (χ4v) is 6.12. The Morgan fingerprint density at radius 2 is 1.00 bits per heavy atom. The minimum atomic E-state index is -0.342. The van der Waals surface area contributed by atoms with E-state index >= 15 is 0 Å². The Morgan fingerprint density at radius 3 is 1.56 bits per heavy atom. The lowest BCUT2D eigenvalue weighted by Crippen LogP contribution is -2.39. The van der Waals surface area contributed by atoms with Crippen LogP contribution in [0.5, 0.6) is 0 Å². The van der Waals surface area contributed by atoms with Gasteiger partial charge in [0.1, 0.15) is 6.04 Å². The minimum absolute atomic E-state index is 0.0169.